The van der Waals surface area contributed by atoms with E-state index in [4.69, 9.17) is 10.3 Å². The van der Waals surface area contributed by atoms with Gasteiger partial charge in [-0.05, 0) is 18.9 Å². The number of hydrogen-bond donors (Lipinski definition) is 1. The third kappa shape index (κ3) is 2.54. The Hall–Kier alpha value is -0.940. The van der Waals surface area contributed by atoms with E-state index < -0.39 is 0 Å². The van der Waals surface area contributed by atoms with Gasteiger partial charge in [-0.1, -0.05) is 12.1 Å². The maximum absolute atomic E-state index is 6.02. The van der Waals surface area contributed by atoms with Gasteiger partial charge < -0.3 is 10.3 Å². The number of aryl methyl sites for hydroxylation is 1. The highest BCUT2D eigenvalue weighted by atomic mass is 16.5. The van der Waals surface area contributed by atoms with Crippen LogP contribution in [-0.4, -0.2) is 34.2 Å². The molecule has 5 heteroatoms. The number of aromatic nitrogens is 2. The Morgan fingerprint density at radius 1 is 1.60 bits per heavy atom. The molecule has 0 bridgehead atoms. The lowest BCUT2D eigenvalue weighted by atomic mass is 9.94. The zero-order valence-corrected chi connectivity index (χ0v) is 9.31. The summed E-state index contributed by atoms with van der Waals surface area (Å²) < 4.78 is 4.93. The number of piperidine rings is 1. The van der Waals surface area contributed by atoms with Crippen molar-refractivity contribution in [3.63, 3.8) is 0 Å². The molecule has 5 nitrogen and oxygen atoms in total. The van der Waals surface area contributed by atoms with Crippen LogP contribution in [-0.2, 0) is 6.54 Å². The van der Waals surface area contributed by atoms with Crippen LogP contribution in [0.5, 0.6) is 0 Å². The standard InChI is InChI=1S/C10H18N4O/c1-7-3-4-14(5-9(7)11)6-10-12-8(2)15-13-10/h7,9H,3-6,11H2,1-2H3. The van der Waals surface area contributed by atoms with Crippen molar-refractivity contribution in [3.8, 4) is 0 Å². The molecule has 84 valence electrons. The first-order valence-electron chi connectivity index (χ1n) is 5.42. The average Bonchev–Trinajstić information content (AvgIpc) is 2.58. The molecular weight excluding hydrogens is 192 g/mol. The first-order valence-corrected chi connectivity index (χ1v) is 5.42. The highest BCUT2D eigenvalue weighted by Crippen LogP contribution is 2.16. The van der Waals surface area contributed by atoms with Crippen molar-refractivity contribution in [3.05, 3.63) is 11.7 Å². The summed E-state index contributed by atoms with van der Waals surface area (Å²) in [4.78, 5) is 6.48. The highest BCUT2D eigenvalue weighted by molar-refractivity contribution is 4.87. The lowest BCUT2D eigenvalue weighted by molar-refractivity contribution is 0.157. The lowest BCUT2D eigenvalue weighted by Crippen LogP contribution is -2.47. The summed E-state index contributed by atoms with van der Waals surface area (Å²) in [7, 11) is 0. The van der Waals surface area contributed by atoms with Gasteiger partial charge in [0.05, 0.1) is 6.54 Å². The molecule has 0 spiro atoms. The molecule has 1 fully saturated rings. The fraction of sp³-hybridized carbons (Fsp3) is 0.800. The summed E-state index contributed by atoms with van der Waals surface area (Å²) in [5.74, 6) is 2.00. The molecule has 0 amide bonds. The van der Waals surface area contributed by atoms with Gasteiger partial charge in [0.15, 0.2) is 5.82 Å². The van der Waals surface area contributed by atoms with Gasteiger partial charge in [0.2, 0.25) is 5.89 Å². The Morgan fingerprint density at radius 3 is 3.00 bits per heavy atom. The second kappa shape index (κ2) is 4.28. The number of hydrogen-bond acceptors (Lipinski definition) is 5. The maximum Gasteiger partial charge on any atom is 0.223 e. The van der Waals surface area contributed by atoms with Gasteiger partial charge in [0.1, 0.15) is 0 Å². The Bertz CT molecular complexity index is 325. The summed E-state index contributed by atoms with van der Waals surface area (Å²) in [5, 5.41) is 3.89. The lowest BCUT2D eigenvalue weighted by Gasteiger charge is -2.34. The van der Waals surface area contributed by atoms with Crippen LogP contribution in [0.15, 0.2) is 4.52 Å². The number of likely N-dealkylation sites (tertiary alicyclic amines) is 1. The Morgan fingerprint density at radius 2 is 2.40 bits per heavy atom. The predicted molar refractivity (Wildman–Crippen MR) is 56.1 cm³/mol. The first-order chi connectivity index (χ1) is 7.15. The van der Waals surface area contributed by atoms with Crippen molar-refractivity contribution in [1.82, 2.24) is 15.0 Å². The highest BCUT2D eigenvalue weighted by Gasteiger charge is 2.23. The molecular formula is C10H18N4O. The third-order valence-corrected chi connectivity index (χ3v) is 3.04. The van der Waals surface area contributed by atoms with Crippen molar-refractivity contribution >= 4 is 0 Å². The zero-order valence-electron chi connectivity index (χ0n) is 9.31. The van der Waals surface area contributed by atoms with E-state index >= 15 is 0 Å². The molecule has 1 aromatic heterocycles. The molecule has 1 aliphatic rings. The van der Waals surface area contributed by atoms with Gasteiger partial charge in [0, 0.05) is 19.5 Å². The van der Waals surface area contributed by atoms with E-state index in [1.165, 1.54) is 0 Å². The van der Waals surface area contributed by atoms with Crippen molar-refractivity contribution < 1.29 is 4.52 Å². The summed E-state index contributed by atoms with van der Waals surface area (Å²) in [6.07, 6.45) is 1.15. The number of nitrogens with zero attached hydrogens (tertiary/aromatic N) is 3. The molecule has 1 saturated heterocycles. The molecule has 1 aliphatic heterocycles. The predicted octanol–water partition coefficient (Wildman–Crippen LogP) is 0.547. The summed E-state index contributed by atoms with van der Waals surface area (Å²) in [6.45, 7) is 6.76. The SMILES string of the molecule is Cc1nc(CN2CCC(C)C(N)C2)no1. The minimum absolute atomic E-state index is 0.270. The molecule has 2 heterocycles. The van der Waals surface area contributed by atoms with Gasteiger partial charge in [0.25, 0.3) is 0 Å². The van der Waals surface area contributed by atoms with E-state index in [0.717, 1.165) is 31.9 Å². The molecule has 1 aromatic rings. The number of nitrogens with two attached hydrogens (primary N) is 1. The monoisotopic (exact) mass is 210 g/mol. The van der Waals surface area contributed by atoms with Crippen LogP contribution in [0.3, 0.4) is 0 Å². The zero-order chi connectivity index (χ0) is 10.8. The van der Waals surface area contributed by atoms with Crippen LogP contribution in [0.1, 0.15) is 25.1 Å². The summed E-state index contributed by atoms with van der Waals surface area (Å²) in [5.41, 5.74) is 6.02. The molecule has 2 N–H and O–H groups in total. The van der Waals surface area contributed by atoms with E-state index in [2.05, 4.69) is 22.0 Å². The molecule has 2 unspecified atom stereocenters. The van der Waals surface area contributed by atoms with Crippen molar-refractivity contribution in [2.75, 3.05) is 13.1 Å². The topological polar surface area (TPSA) is 68.2 Å². The molecule has 2 rings (SSSR count). The largest absolute Gasteiger partial charge is 0.340 e. The van der Waals surface area contributed by atoms with E-state index in [9.17, 15) is 0 Å². The van der Waals surface area contributed by atoms with Crippen LogP contribution in [0, 0.1) is 12.8 Å². The normalized spacial score (nSPS) is 28.2. The fourth-order valence-corrected chi connectivity index (χ4v) is 1.92. The van der Waals surface area contributed by atoms with Crippen molar-refractivity contribution in [2.45, 2.75) is 32.9 Å². The fourth-order valence-electron chi connectivity index (χ4n) is 1.92. The molecule has 15 heavy (non-hydrogen) atoms. The second-order valence-corrected chi connectivity index (χ2v) is 4.39. The van der Waals surface area contributed by atoms with Gasteiger partial charge in [-0.15, -0.1) is 0 Å². The first kappa shape index (κ1) is 10.6. The molecule has 0 aromatic carbocycles. The van der Waals surface area contributed by atoms with Crippen LogP contribution < -0.4 is 5.73 Å². The minimum Gasteiger partial charge on any atom is -0.340 e. The average molecular weight is 210 g/mol. The van der Waals surface area contributed by atoms with Crippen LogP contribution in [0.4, 0.5) is 0 Å². The van der Waals surface area contributed by atoms with Gasteiger partial charge in [-0.25, -0.2) is 0 Å². The molecule has 0 aliphatic carbocycles. The van der Waals surface area contributed by atoms with Crippen molar-refractivity contribution in [2.24, 2.45) is 11.7 Å². The van der Waals surface area contributed by atoms with Crippen molar-refractivity contribution in [1.29, 1.82) is 0 Å². The van der Waals surface area contributed by atoms with Crippen LogP contribution >= 0.6 is 0 Å². The summed E-state index contributed by atoms with van der Waals surface area (Å²) >= 11 is 0. The van der Waals surface area contributed by atoms with E-state index in [1.54, 1.807) is 6.92 Å². The molecule has 0 saturated carbocycles. The molecule has 2 atom stereocenters. The third-order valence-electron chi connectivity index (χ3n) is 3.04. The van der Waals surface area contributed by atoms with Crippen LogP contribution in [0.25, 0.3) is 0 Å². The van der Waals surface area contributed by atoms with E-state index in [1.807, 2.05) is 0 Å². The Labute approximate surface area is 89.6 Å². The Kier molecular flexibility index (Phi) is 3.02. The van der Waals surface area contributed by atoms with Gasteiger partial charge in [-0.3, -0.25) is 4.90 Å². The minimum atomic E-state index is 0.270. The van der Waals surface area contributed by atoms with Gasteiger partial charge >= 0.3 is 0 Å². The quantitative estimate of drug-likeness (QED) is 0.772. The van der Waals surface area contributed by atoms with Gasteiger partial charge in [-0.2, -0.15) is 4.98 Å². The molecule has 0 radical (unpaired) electrons. The summed E-state index contributed by atoms with van der Waals surface area (Å²) in [6, 6.07) is 0.270. The smallest absolute Gasteiger partial charge is 0.223 e. The maximum atomic E-state index is 6.02. The van der Waals surface area contributed by atoms with Crippen LogP contribution in [0.2, 0.25) is 0 Å². The second-order valence-electron chi connectivity index (χ2n) is 4.39. The van der Waals surface area contributed by atoms with E-state index in [0.29, 0.717) is 11.8 Å². The number of rotatable bonds is 2. The van der Waals surface area contributed by atoms with E-state index in [-0.39, 0.29) is 6.04 Å². The Balaban J connectivity index is 1.90.